The van der Waals surface area contributed by atoms with Crippen LogP contribution in [0.25, 0.3) is 64.7 Å². The van der Waals surface area contributed by atoms with Gasteiger partial charge in [0.1, 0.15) is 33.8 Å². The lowest BCUT2D eigenvalue weighted by molar-refractivity contribution is -0.997. The highest BCUT2D eigenvalue weighted by molar-refractivity contribution is 7.25. The molecule has 1 atom stereocenters. The molecule has 0 radical (unpaired) electrons. The Hall–Kier alpha value is -5.79. The van der Waals surface area contributed by atoms with Crippen LogP contribution in [0.3, 0.4) is 0 Å². The van der Waals surface area contributed by atoms with Gasteiger partial charge in [-0.2, -0.15) is 9.13 Å². The lowest BCUT2D eigenvalue weighted by atomic mass is 9.84. The fourth-order valence-corrected chi connectivity index (χ4v) is 9.73. The van der Waals surface area contributed by atoms with Gasteiger partial charge in [-0.15, -0.1) is 11.3 Å². The standard InChI is InChI=1S/C39H23N5OS/c1-22-37(23-16-19-33-27(21-23)25-10-3-5-14-32(25)46-33)40-44-29-12-8-13-30-35(29)39(43(22)44)36-31(45-30)18-17-26-24-9-2-4-11-28(24)42(38(26)36)34-15-6-7-20-41(34)39/h2-21H,1H3/q+2. The number of benzene rings is 5. The predicted molar refractivity (Wildman–Crippen MR) is 179 cm³/mol. The van der Waals surface area contributed by atoms with Gasteiger partial charge in [0.25, 0.3) is 11.5 Å². The molecule has 12 rings (SSSR count). The van der Waals surface area contributed by atoms with Gasteiger partial charge in [0.2, 0.25) is 0 Å². The molecule has 1 unspecified atom stereocenters. The number of aromatic nitrogens is 5. The van der Waals surface area contributed by atoms with Crippen molar-refractivity contribution in [2.24, 2.45) is 0 Å². The number of rotatable bonds is 1. The summed E-state index contributed by atoms with van der Waals surface area (Å²) >= 11 is 1.84. The fourth-order valence-electron chi connectivity index (χ4n) is 8.64. The third-order valence-electron chi connectivity index (χ3n) is 10.4. The number of thiophene rings is 1. The van der Waals surface area contributed by atoms with Crippen LogP contribution >= 0.6 is 11.3 Å². The van der Waals surface area contributed by atoms with Gasteiger partial charge in [0, 0.05) is 49.5 Å². The van der Waals surface area contributed by atoms with Gasteiger partial charge in [0.15, 0.2) is 11.2 Å². The molecule has 214 valence electrons. The van der Waals surface area contributed by atoms with E-state index in [2.05, 4.69) is 147 Å². The molecule has 4 aromatic heterocycles. The van der Waals surface area contributed by atoms with E-state index >= 15 is 0 Å². The van der Waals surface area contributed by atoms with Crippen molar-refractivity contribution in [2.75, 3.05) is 0 Å². The summed E-state index contributed by atoms with van der Waals surface area (Å²) in [5.41, 5.74) is 8.10. The Balaban J connectivity index is 1.25. The average molecular weight is 610 g/mol. The molecule has 7 heteroatoms. The summed E-state index contributed by atoms with van der Waals surface area (Å²) < 4.78 is 16.7. The molecule has 1 spiro atoms. The molecule has 0 saturated heterocycles. The monoisotopic (exact) mass is 609 g/mol. The minimum atomic E-state index is -0.742. The normalized spacial score (nSPS) is 16.6. The van der Waals surface area contributed by atoms with Crippen molar-refractivity contribution in [3.05, 3.63) is 138 Å². The maximum atomic E-state index is 6.80. The van der Waals surface area contributed by atoms with Crippen molar-refractivity contribution in [3.63, 3.8) is 0 Å². The second-order valence-corrected chi connectivity index (χ2v) is 13.6. The molecule has 3 aliphatic heterocycles. The van der Waals surface area contributed by atoms with E-state index in [1.54, 1.807) is 0 Å². The van der Waals surface area contributed by atoms with Crippen molar-refractivity contribution in [1.82, 2.24) is 14.5 Å². The van der Waals surface area contributed by atoms with Crippen LogP contribution in [0.5, 0.6) is 11.5 Å². The molecule has 46 heavy (non-hydrogen) atoms. The van der Waals surface area contributed by atoms with E-state index in [9.17, 15) is 0 Å². The average Bonchev–Trinajstić information content (AvgIpc) is 3.82. The zero-order chi connectivity index (χ0) is 29.9. The predicted octanol–water partition coefficient (Wildman–Crippen LogP) is 7.92. The highest BCUT2D eigenvalue weighted by Gasteiger charge is 2.67. The number of hydrogen-bond donors (Lipinski definition) is 0. The van der Waals surface area contributed by atoms with Crippen LogP contribution < -0.4 is 14.0 Å². The van der Waals surface area contributed by atoms with Gasteiger partial charge in [-0.25, -0.2) is 0 Å². The molecule has 7 heterocycles. The maximum Gasteiger partial charge on any atom is 0.338 e. The zero-order valence-electron chi connectivity index (χ0n) is 24.6. The van der Waals surface area contributed by atoms with E-state index in [-0.39, 0.29) is 0 Å². The van der Waals surface area contributed by atoms with Crippen LogP contribution in [0, 0.1) is 6.92 Å². The van der Waals surface area contributed by atoms with Crippen molar-refractivity contribution >= 4 is 53.3 Å². The third-order valence-corrected chi connectivity index (χ3v) is 11.5. The number of ether oxygens (including phenoxy) is 1. The summed E-state index contributed by atoms with van der Waals surface area (Å²) in [6.45, 7) is 2.22. The Morgan fingerprint density at radius 1 is 0.717 bits per heavy atom. The third kappa shape index (κ3) is 2.44. The molecule has 0 bridgehead atoms. The molecule has 6 nitrogen and oxygen atoms in total. The second kappa shape index (κ2) is 7.70. The second-order valence-electron chi connectivity index (χ2n) is 12.5. The first kappa shape index (κ1) is 23.6. The lowest BCUT2D eigenvalue weighted by Crippen LogP contribution is -2.77. The molecule has 0 saturated carbocycles. The van der Waals surface area contributed by atoms with E-state index in [0.29, 0.717) is 0 Å². The number of fused-ring (bicyclic) bond motifs is 10. The maximum absolute atomic E-state index is 6.80. The van der Waals surface area contributed by atoms with Crippen molar-refractivity contribution in [3.8, 4) is 34.3 Å². The summed E-state index contributed by atoms with van der Waals surface area (Å²) in [6, 6.07) is 41.4. The first-order valence-corrected chi connectivity index (χ1v) is 16.4. The van der Waals surface area contributed by atoms with E-state index in [1.165, 1.54) is 42.0 Å². The van der Waals surface area contributed by atoms with E-state index < -0.39 is 5.66 Å². The molecule has 5 aromatic carbocycles. The molecule has 9 aromatic rings. The fraction of sp³-hybridized carbons (Fsp3) is 0.0513. The van der Waals surface area contributed by atoms with Crippen LogP contribution in [-0.4, -0.2) is 14.5 Å². The highest BCUT2D eigenvalue weighted by Crippen LogP contribution is 2.55. The van der Waals surface area contributed by atoms with Crippen LogP contribution in [0.4, 0.5) is 0 Å². The number of nitrogens with zero attached hydrogens (tertiary/aromatic N) is 5. The minimum absolute atomic E-state index is 0.742. The Morgan fingerprint density at radius 2 is 1.54 bits per heavy atom. The molecule has 0 fully saturated rings. The summed E-state index contributed by atoms with van der Waals surface area (Å²) in [7, 11) is 0. The summed E-state index contributed by atoms with van der Waals surface area (Å²) in [4.78, 5) is 2.12. The van der Waals surface area contributed by atoms with Gasteiger partial charge in [-0.05, 0) is 71.5 Å². The molecule has 3 aliphatic rings. The van der Waals surface area contributed by atoms with Crippen molar-refractivity contribution < 1.29 is 14.0 Å². The Morgan fingerprint density at radius 3 is 2.50 bits per heavy atom. The SMILES string of the molecule is Cc1c(-c2ccc3sc4ccccc4c3c2)nn2[n+]1C13c4c(cccc4-2)Oc2ccc4c5ccccc5n(c4c21)-c1cccc[n+]13. The first-order valence-electron chi connectivity index (χ1n) is 15.6. The smallest absolute Gasteiger partial charge is 0.338 e. The number of para-hydroxylation sites is 1. The quantitative estimate of drug-likeness (QED) is 0.178. The number of pyridine rings is 1. The molecular formula is C39H23N5OS+2. The van der Waals surface area contributed by atoms with Gasteiger partial charge in [-0.1, -0.05) is 47.1 Å². The summed E-state index contributed by atoms with van der Waals surface area (Å²) in [5.74, 6) is 2.84. The van der Waals surface area contributed by atoms with Gasteiger partial charge >= 0.3 is 5.66 Å². The topological polar surface area (TPSA) is 39.7 Å². The molecule has 0 amide bonds. The van der Waals surface area contributed by atoms with Crippen LogP contribution in [-0.2, 0) is 5.66 Å². The minimum Gasteiger partial charge on any atom is -0.456 e. The van der Waals surface area contributed by atoms with Crippen LogP contribution in [0.15, 0.2) is 121 Å². The Bertz CT molecular complexity index is 2870. The lowest BCUT2D eigenvalue weighted by Gasteiger charge is -2.35. The highest BCUT2D eigenvalue weighted by atomic mass is 32.1. The molecule has 0 N–H and O–H groups in total. The Kier molecular flexibility index (Phi) is 3.95. The van der Waals surface area contributed by atoms with Gasteiger partial charge in [0.05, 0.1) is 11.3 Å². The number of hydrogen-bond acceptors (Lipinski definition) is 3. The van der Waals surface area contributed by atoms with Crippen LogP contribution in [0.2, 0.25) is 0 Å². The molecule has 0 aliphatic carbocycles. The van der Waals surface area contributed by atoms with E-state index in [0.717, 1.165) is 51.1 Å². The van der Waals surface area contributed by atoms with Gasteiger partial charge < -0.3 is 4.74 Å². The summed E-state index contributed by atoms with van der Waals surface area (Å²) in [5, 5.41) is 10.5. The van der Waals surface area contributed by atoms with Gasteiger partial charge in [-0.3, -0.25) is 0 Å². The van der Waals surface area contributed by atoms with Crippen molar-refractivity contribution in [1.29, 1.82) is 0 Å². The van der Waals surface area contributed by atoms with Crippen molar-refractivity contribution in [2.45, 2.75) is 12.6 Å². The van der Waals surface area contributed by atoms with E-state index in [4.69, 9.17) is 9.84 Å². The first-order chi connectivity index (χ1) is 22.7. The van der Waals surface area contributed by atoms with Crippen LogP contribution in [0.1, 0.15) is 16.8 Å². The Labute approximate surface area is 266 Å². The largest absolute Gasteiger partial charge is 0.456 e. The molecular weight excluding hydrogens is 587 g/mol. The zero-order valence-corrected chi connectivity index (χ0v) is 25.4. The van der Waals surface area contributed by atoms with E-state index in [1.807, 2.05) is 11.3 Å². The summed E-state index contributed by atoms with van der Waals surface area (Å²) in [6.07, 6.45) is 2.22.